The molecule has 0 saturated carbocycles. The molecule has 1 aromatic heterocycles. The van der Waals surface area contributed by atoms with Gasteiger partial charge in [0, 0.05) is 21.9 Å². The summed E-state index contributed by atoms with van der Waals surface area (Å²) >= 11 is 1.49. The first-order valence-corrected chi connectivity index (χ1v) is 14.2. The molecule has 2 aliphatic carbocycles. The molecule has 2 aromatic rings. The molecule has 0 radical (unpaired) electrons. The molecule has 3 atom stereocenters. The average Bonchev–Trinajstić information content (AvgIpc) is 3.10. The lowest BCUT2D eigenvalue weighted by atomic mass is 9.69. The SMILES string of the molecule is CSC(C)C(NC(C)S(=O)(=O)O)c1oc2c(c1C)C(=O)C(=O)c1c-2ccc2c1CCCC2(C)C. The van der Waals surface area contributed by atoms with Crippen LogP contribution in [0.1, 0.15) is 89.7 Å². The van der Waals surface area contributed by atoms with Gasteiger partial charge in [-0.15, -0.1) is 0 Å². The van der Waals surface area contributed by atoms with Gasteiger partial charge in [0.25, 0.3) is 10.1 Å². The van der Waals surface area contributed by atoms with Crippen LogP contribution in [0, 0.1) is 6.92 Å². The Morgan fingerprint density at radius 1 is 1.15 bits per heavy atom. The van der Waals surface area contributed by atoms with Crippen molar-refractivity contribution in [2.45, 2.75) is 76.0 Å². The molecular formula is C25H31NO6S2. The molecule has 2 N–H and O–H groups in total. The molecule has 2 aliphatic rings. The van der Waals surface area contributed by atoms with Crippen molar-refractivity contribution < 1.29 is 27.0 Å². The molecule has 0 saturated heterocycles. The minimum absolute atomic E-state index is 0.0782. The zero-order valence-corrected chi connectivity index (χ0v) is 21.9. The number of rotatable bonds is 6. The number of fused-ring (bicyclic) bond motifs is 5. The molecule has 4 rings (SSSR count). The van der Waals surface area contributed by atoms with Crippen LogP contribution >= 0.6 is 11.8 Å². The first-order chi connectivity index (χ1) is 15.8. The van der Waals surface area contributed by atoms with Crippen LogP contribution in [-0.4, -0.2) is 41.4 Å². The molecule has 3 unspecified atom stereocenters. The largest absolute Gasteiger partial charge is 0.458 e. The van der Waals surface area contributed by atoms with E-state index in [1.54, 1.807) is 6.92 Å². The number of nitrogens with one attached hydrogen (secondary N) is 1. The number of carbonyl (C=O) groups excluding carboxylic acids is 2. The van der Waals surface area contributed by atoms with Crippen molar-refractivity contribution in [3.05, 3.63) is 45.7 Å². The van der Waals surface area contributed by atoms with Gasteiger partial charge in [-0.25, -0.2) is 0 Å². The Morgan fingerprint density at radius 3 is 2.41 bits per heavy atom. The molecule has 7 nitrogen and oxygen atoms in total. The molecule has 0 amide bonds. The zero-order valence-electron chi connectivity index (χ0n) is 20.3. The lowest BCUT2D eigenvalue weighted by molar-refractivity contribution is 0.0813. The number of ketones is 2. The van der Waals surface area contributed by atoms with E-state index in [4.69, 9.17) is 4.42 Å². The molecule has 0 aliphatic heterocycles. The molecule has 1 aromatic carbocycles. The summed E-state index contributed by atoms with van der Waals surface area (Å²) in [5, 5.41) is 1.54. The van der Waals surface area contributed by atoms with E-state index in [1.165, 1.54) is 18.7 Å². The van der Waals surface area contributed by atoms with Crippen molar-refractivity contribution in [1.29, 1.82) is 0 Å². The van der Waals surface area contributed by atoms with Gasteiger partial charge in [-0.2, -0.15) is 20.2 Å². The molecule has 9 heteroatoms. The van der Waals surface area contributed by atoms with Crippen molar-refractivity contribution in [2.24, 2.45) is 0 Å². The predicted molar refractivity (Wildman–Crippen MR) is 133 cm³/mol. The Labute approximate surface area is 204 Å². The van der Waals surface area contributed by atoms with E-state index in [-0.39, 0.29) is 16.2 Å². The van der Waals surface area contributed by atoms with E-state index in [0.717, 1.165) is 30.4 Å². The third-order valence-corrected chi connectivity index (χ3v) is 9.39. The summed E-state index contributed by atoms with van der Waals surface area (Å²) < 4.78 is 39.2. The average molecular weight is 506 g/mol. The second-order valence-electron chi connectivity index (χ2n) is 9.95. The lowest BCUT2D eigenvalue weighted by Gasteiger charge is -2.34. The highest BCUT2D eigenvalue weighted by Gasteiger charge is 2.42. The Balaban J connectivity index is 1.91. The molecule has 34 heavy (non-hydrogen) atoms. The molecule has 0 spiro atoms. The van der Waals surface area contributed by atoms with Crippen LogP contribution in [0.15, 0.2) is 16.5 Å². The summed E-state index contributed by atoms with van der Waals surface area (Å²) in [5.41, 5.74) is 3.76. The van der Waals surface area contributed by atoms with Gasteiger partial charge in [-0.1, -0.05) is 32.9 Å². The second kappa shape index (κ2) is 8.62. The number of furan rings is 1. The van der Waals surface area contributed by atoms with Crippen LogP contribution in [0.2, 0.25) is 0 Å². The summed E-state index contributed by atoms with van der Waals surface area (Å²) in [7, 11) is -4.34. The van der Waals surface area contributed by atoms with Crippen molar-refractivity contribution in [3.63, 3.8) is 0 Å². The maximum atomic E-state index is 13.4. The Bertz CT molecular complexity index is 1290. The van der Waals surface area contributed by atoms with Crippen molar-refractivity contribution in [3.8, 4) is 11.3 Å². The van der Waals surface area contributed by atoms with Gasteiger partial charge in [0.2, 0.25) is 11.6 Å². The molecular weight excluding hydrogens is 474 g/mol. The quantitative estimate of drug-likeness (QED) is 0.422. The van der Waals surface area contributed by atoms with Gasteiger partial charge in [-0.05, 0) is 55.9 Å². The van der Waals surface area contributed by atoms with Gasteiger partial charge < -0.3 is 4.42 Å². The summed E-state index contributed by atoms with van der Waals surface area (Å²) in [6, 6.07) is 3.30. The van der Waals surface area contributed by atoms with E-state index in [9.17, 15) is 22.6 Å². The fourth-order valence-corrected chi connectivity index (χ4v) is 6.04. The zero-order chi connectivity index (χ0) is 25.2. The van der Waals surface area contributed by atoms with Crippen LogP contribution in [-0.2, 0) is 22.0 Å². The Kier molecular flexibility index (Phi) is 6.38. The fraction of sp³-hybridized carbons (Fsp3) is 0.520. The topological polar surface area (TPSA) is 114 Å². The first-order valence-electron chi connectivity index (χ1n) is 11.4. The third-order valence-electron chi connectivity index (χ3n) is 7.34. The second-order valence-corrected chi connectivity index (χ2v) is 12.9. The third kappa shape index (κ3) is 3.96. The molecule has 1 heterocycles. The summed E-state index contributed by atoms with van der Waals surface area (Å²) in [6.45, 7) is 9.28. The minimum atomic E-state index is -4.34. The number of hydrogen-bond acceptors (Lipinski definition) is 7. The molecule has 0 fully saturated rings. The van der Waals surface area contributed by atoms with Gasteiger partial charge in [0.15, 0.2) is 0 Å². The van der Waals surface area contributed by atoms with Crippen molar-refractivity contribution >= 4 is 33.4 Å². The van der Waals surface area contributed by atoms with E-state index >= 15 is 0 Å². The van der Waals surface area contributed by atoms with Gasteiger partial charge >= 0.3 is 0 Å². The fourth-order valence-electron chi connectivity index (χ4n) is 5.25. The molecule has 0 bridgehead atoms. The Hall–Kier alpha value is -1.94. The number of Topliss-reactive ketones (excluding diaryl/α,β-unsaturated/α-hetero) is 2. The maximum absolute atomic E-state index is 13.4. The smallest absolute Gasteiger partial charge is 0.280 e. The van der Waals surface area contributed by atoms with E-state index in [2.05, 4.69) is 19.2 Å². The van der Waals surface area contributed by atoms with Gasteiger partial charge in [0.1, 0.15) is 16.9 Å². The minimum Gasteiger partial charge on any atom is -0.458 e. The van der Waals surface area contributed by atoms with Crippen molar-refractivity contribution in [2.75, 3.05) is 6.26 Å². The highest BCUT2D eigenvalue weighted by atomic mass is 32.2. The normalized spacial score (nSPS) is 19.7. The van der Waals surface area contributed by atoms with Crippen LogP contribution in [0.25, 0.3) is 11.3 Å². The number of carbonyl (C=O) groups is 2. The van der Waals surface area contributed by atoms with E-state index in [1.807, 2.05) is 25.3 Å². The Morgan fingerprint density at radius 2 is 1.79 bits per heavy atom. The number of thioether (sulfide) groups is 1. The van der Waals surface area contributed by atoms with E-state index < -0.39 is 33.1 Å². The monoisotopic (exact) mass is 505 g/mol. The van der Waals surface area contributed by atoms with Gasteiger partial charge in [-0.3, -0.25) is 19.5 Å². The van der Waals surface area contributed by atoms with Crippen LogP contribution in [0.4, 0.5) is 0 Å². The van der Waals surface area contributed by atoms with E-state index in [0.29, 0.717) is 28.2 Å². The molecule has 184 valence electrons. The highest BCUT2D eigenvalue weighted by molar-refractivity contribution is 7.99. The van der Waals surface area contributed by atoms with Gasteiger partial charge in [0.05, 0.1) is 11.6 Å². The standard InChI is InChI=1S/C25H31NO6S2/c1-12-18-21(27)22(28)19-15-8-7-11-25(4,5)17(15)10-9-16(19)24(18)32-23(12)20(13(2)33-6)26-14(3)34(29,30)31/h9-10,13-14,20,26H,7-8,11H2,1-6H3,(H,29,30,31). The highest BCUT2D eigenvalue weighted by Crippen LogP contribution is 2.46. The van der Waals surface area contributed by atoms with Crippen molar-refractivity contribution in [1.82, 2.24) is 5.32 Å². The van der Waals surface area contributed by atoms with Crippen LogP contribution in [0.3, 0.4) is 0 Å². The summed E-state index contributed by atoms with van der Waals surface area (Å²) in [4.78, 5) is 26.7. The summed E-state index contributed by atoms with van der Waals surface area (Å²) in [6.07, 6.45) is 4.58. The lowest BCUT2D eigenvalue weighted by Crippen LogP contribution is -2.40. The summed E-state index contributed by atoms with van der Waals surface area (Å²) in [5.74, 6) is -0.348. The number of hydrogen-bond donors (Lipinski definition) is 2. The van der Waals surface area contributed by atoms with Crippen LogP contribution in [0.5, 0.6) is 0 Å². The predicted octanol–water partition coefficient (Wildman–Crippen LogP) is 4.86. The first kappa shape index (κ1) is 25.2. The maximum Gasteiger partial charge on any atom is 0.280 e. The van der Waals surface area contributed by atoms with Crippen LogP contribution < -0.4 is 5.32 Å². The number of benzene rings is 1.